The molecule has 0 saturated carbocycles. The predicted molar refractivity (Wildman–Crippen MR) is 62.0 cm³/mol. The van der Waals surface area contributed by atoms with Crippen molar-refractivity contribution in [3.63, 3.8) is 0 Å². The minimum Gasteiger partial charge on any atom is -0.298 e. The number of hydrogen-bond acceptors (Lipinski definition) is 2. The Bertz CT molecular complexity index is 323. The van der Waals surface area contributed by atoms with E-state index < -0.39 is 0 Å². The summed E-state index contributed by atoms with van der Waals surface area (Å²) in [6.45, 7) is 10.2. The number of aromatic nitrogens is 2. The summed E-state index contributed by atoms with van der Waals surface area (Å²) < 4.78 is 2.18. The lowest BCUT2D eigenvalue weighted by Gasteiger charge is -2.50. The van der Waals surface area contributed by atoms with E-state index in [0.29, 0.717) is 0 Å². The van der Waals surface area contributed by atoms with Gasteiger partial charge < -0.3 is 0 Å². The van der Waals surface area contributed by atoms with Crippen LogP contribution in [0.2, 0.25) is 0 Å². The minimum absolute atomic E-state index is 0.281. The topological polar surface area (TPSA) is 21.1 Å². The lowest BCUT2D eigenvalue weighted by molar-refractivity contribution is -0.000929. The molecule has 1 saturated heterocycles. The minimum atomic E-state index is 0.281. The van der Waals surface area contributed by atoms with Crippen LogP contribution < -0.4 is 0 Å². The van der Waals surface area contributed by atoms with Crippen molar-refractivity contribution in [2.24, 2.45) is 0 Å². The first-order chi connectivity index (χ1) is 7.20. The summed E-state index contributed by atoms with van der Waals surface area (Å²) in [5.41, 5.74) is 1.54. The zero-order valence-electron chi connectivity index (χ0n) is 10.0. The Morgan fingerprint density at radius 2 is 2.13 bits per heavy atom. The molecule has 1 aliphatic rings. The van der Waals surface area contributed by atoms with Crippen molar-refractivity contribution >= 4 is 0 Å². The van der Waals surface area contributed by atoms with E-state index in [9.17, 15) is 0 Å². The van der Waals surface area contributed by atoms with E-state index in [1.54, 1.807) is 0 Å². The second kappa shape index (κ2) is 3.97. The maximum absolute atomic E-state index is 4.47. The Labute approximate surface area is 92.1 Å². The first kappa shape index (κ1) is 10.7. The molecule has 1 aromatic heterocycles. The van der Waals surface area contributed by atoms with E-state index in [1.165, 1.54) is 38.0 Å². The summed E-state index contributed by atoms with van der Waals surface area (Å²) in [6, 6.07) is 0. The van der Waals surface area contributed by atoms with E-state index in [4.69, 9.17) is 0 Å². The van der Waals surface area contributed by atoms with Crippen molar-refractivity contribution in [3.05, 3.63) is 18.0 Å². The fourth-order valence-electron chi connectivity index (χ4n) is 2.46. The number of aryl methyl sites for hydroxylation is 1. The maximum atomic E-state index is 4.47. The van der Waals surface area contributed by atoms with Gasteiger partial charge in [-0.25, -0.2) is 0 Å². The van der Waals surface area contributed by atoms with E-state index in [0.717, 1.165) is 0 Å². The van der Waals surface area contributed by atoms with Gasteiger partial charge >= 0.3 is 0 Å². The van der Waals surface area contributed by atoms with E-state index >= 15 is 0 Å². The standard InChI is InChI=1S/C12H21N3/c1-4-6-14-9-12(5-2,10-14)15-8-11(3)7-13-15/h7-8H,4-6,9-10H2,1-3H3. The average molecular weight is 207 g/mol. The number of rotatable bonds is 4. The van der Waals surface area contributed by atoms with Gasteiger partial charge in [0.1, 0.15) is 0 Å². The Hall–Kier alpha value is -0.830. The summed E-state index contributed by atoms with van der Waals surface area (Å²) in [4.78, 5) is 2.51. The van der Waals surface area contributed by atoms with E-state index in [-0.39, 0.29) is 5.54 Å². The summed E-state index contributed by atoms with van der Waals surface area (Å²) in [5.74, 6) is 0. The first-order valence-electron chi connectivity index (χ1n) is 5.94. The van der Waals surface area contributed by atoms with Crippen LogP contribution in [0.3, 0.4) is 0 Å². The molecule has 0 N–H and O–H groups in total. The van der Waals surface area contributed by atoms with Gasteiger partial charge in [-0.2, -0.15) is 5.10 Å². The van der Waals surface area contributed by atoms with E-state index in [2.05, 4.69) is 41.6 Å². The van der Waals surface area contributed by atoms with Crippen molar-refractivity contribution in [3.8, 4) is 0 Å². The Balaban J connectivity index is 2.06. The Morgan fingerprint density at radius 3 is 2.60 bits per heavy atom. The largest absolute Gasteiger partial charge is 0.298 e. The molecule has 2 heterocycles. The maximum Gasteiger partial charge on any atom is 0.0877 e. The molecular weight excluding hydrogens is 186 g/mol. The monoisotopic (exact) mass is 207 g/mol. The van der Waals surface area contributed by atoms with Gasteiger partial charge in [0.2, 0.25) is 0 Å². The molecule has 84 valence electrons. The molecule has 0 bridgehead atoms. The van der Waals surface area contributed by atoms with Crippen molar-refractivity contribution in [2.75, 3.05) is 19.6 Å². The molecule has 3 nitrogen and oxygen atoms in total. The molecular formula is C12H21N3. The van der Waals surface area contributed by atoms with Gasteiger partial charge in [0.05, 0.1) is 11.7 Å². The molecule has 0 spiro atoms. The normalized spacial score (nSPS) is 20.2. The van der Waals surface area contributed by atoms with Crippen LogP contribution in [0.5, 0.6) is 0 Å². The van der Waals surface area contributed by atoms with Crippen LogP contribution in [0.4, 0.5) is 0 Å². The summed E-state index contributed by atoms with van der Waals surface area (Å²) in [6.07, 6.45) is 6.55. The molecule has 0 unspecified atom stereocenters. The molecule has 15 heavy (non-hydrogen) atoms. The fourth-order valence-corrected chi connectivity index (χ4v) is 2.46. The first-order valence-corrected chi connectivity index (χ1v) is 5.94. The molecule has 0 aliphatic carbocycles. The lowest BCUT2D eigenvalue weighted by Crippen LogP contribution is -2.62. The Kier molecular flexibility index (Phi) is 2.83. The van der Waals surface area contributed by atoms with Crippen molar-refractivity contribution < 1.29 is 0 Å². The van der Waals surface area contributed by atoms with Crippen LogP contribution in [0.15, 0.2) is 12.4 Å². The Morgan fingerprint density at radius 1 is 1.40 bits per heavy atom. The number of hydrogen-bond donors (Lipinski definition) is 0. The fraction of sp³-hybridized carbons (Fsp3) is 0.750. The predicted octanol–water partition coefficient (Wildman–Crippen LogP) is 2.02. The SMILES string of the molecule is CCCN1CC(CC)(n2cc(C)cn2)C1. The van der Waals surface area contributed by atoms with Gasteiger partial charge in [-0.15, -0.1) is 0 Å². The molecule has 1 aliphatic heterocycles. The molecule has 0 radical (unpaired) electrons. The van der Waals surface area contributed by atoms with Gasteiger partial charge in [0.15, 0.2) is 0 Å². The van der Waals surface area contributed by atoms with Crippen molar-refractivity contribution in [1.82, 2.24) is 14.7 Å². The van der Waals surface area contributed by atoms with Crippen LogP contribution in [-0.4, -0.2) is 34.3 Å². The molecule has 1 aromatic rings. The van der Waals surface area contributed by atoms with Crippen LogP contribution in [0, 0.1) is 6.92 Å². The van der Waals surface area contributed by atoms with E-state index in [1.807, 2.05) is 6.20 Å². The van der Waals surface area contributed by atoms with Gasteiger partial charge in [-0.05, 0) is 31.9 Å². The van der Waals surface area contributed by atoms with Crippen molar-refractivity contribution in [1.29, 1.82) is 0 Å². The highest BCUT2D eigenvalue weighted by Crippen LogP contribution is 2.31. The molecule has 1 fully saturated rings. The third-order valence-corrected chi connectivity index (χ3v) is 3.43. The van der Waals surface area contributed by atoms with Crippen molar-refractivity contribution in [2.45, 2.75) is 39.2 Å². The smallest absolute Gasteiger partial charge is 0.0877 e. The van der Waals surface area contributed by atoms with Crippen LogP contribution in [0.1, 0.15) is 32.3 Å². The highest BCUT2D eigenvalue weighted by molar-refractivity contribution is 5.07. The lowest BCUT2D eigenvalue weighted by atomic mass is 9.87. The molecule has 0 atom stereocenters. The van der Waals surface area contributed by atoms with Crippen LogP contribution >= 0.6 is 0 Å². The number of nitrogens with zero attached hydrogens (tertiary/aromatic N) is 3. The van der Waals surface area contributed by atoms with Gasteiger partial charge in [-0.3, -0.25) is 9.58 Å². The average Bonchev–Trinajstić information content (AvgIpc) is 2.58. The zero-order valence-corrected chi connectivity index (χ0v) is 10.0. The zero-order chi connectivity index (χ0) is 10.9. The summed E-state index contributed by atoms with van der Waals surface area (Å²) in [5, 5.41) is 4.47. The second-order valence-corrected chi connectivity index (χ2v) is 4.75. The molecule has 0 amide bonds. The van der Waals surface area contributed by atoms with Gasteiger partial charge in [-0.1, -0.05) is 13.8 Å². The molecule has 2 rings (SSSR count). The van der Waals surface area contributed by atoms with Crippen LogP contribution in [-0.2, 0) is 5.54 Å². The summed E-state index contributed by atoms with van der Waals surface area (Å²) >= 11 is 0. The third kappa shape index (κ3) is 1.81. The van der Waals surface area contributed by atoms with Gasteiger partial charge in [0.25, 0.3) is 0 Å². The van der Waals surface area contributed by atoms with Crippen LogP contribution in [0.25, 0.3) is 0 Å². The van der Waals surface area contributed by atoms with Gasteiger partial charge in [0, 0.05) is 19.3 Å². The quantitative estimate of drug-likeness (QED) is 0.753. The summed E-state index contributed by atoms with van der Waals surface area (Å²) in [7, 11) is 0. The molecule has 3 heteroatoms. The third-order valence-electron chi connectivity index (χ3n) is 3.43. The molecule has 0 aromatic carbocycles. The number of likely N-dealkylation sites (tertiary alicyclic amines) is 1. The highest BCUT2D eigenvalue weighted by atomic mass is 15.4. The second-order valence-electron chi connectivity index (χ2n) is 4.75. The highest BCUT2D eigenvalue weighted by Gasteiger charge is 2.43.